The monoisotopic (exact) mass is 580 g/mol. The molecule has 0 bridgehead atoms. The van der Waals surface area contributed by atoms with Gasteiger partial charge in [0.1, 0.15) is 24.4 Å². The highest BCUT2D eigenvalue weighted by Gasteiger charge is 2.49. The summed E-state index contributed by atoms with van der Waals surface area (Å²) in [7, 11) is 5.82. The van der Waals surface area contributed by atoms with Gasteiger partial charge in [0, 0.05) is 11.8 Å². The minimum atomic E-state index is -1.61. The molecule has 3 fully saturated rings. The van der Waals surface area contributed by atoms with Gasteiger partial charge in [0.2, 0.25) is 17.8 Å². The largest absolute Gasteiger partial charge is 0.502 e. The predicted molar refractivity (Wildman–Crippen MR) is 140 cm³/mol. The minimum absolute atomic E-state index is 0.000914. The normalized spacial score (nSPS) is 32.8. The number of aliphatic hydroxyl groups is 4. The summed E-state index contributed by atoms with van der Waals surface area (Å²) in [4.78, 5) is 0. The molecule has 13 heteroatoms. The van der Waals surface area contributed by atoms with Crippen molar-refractivity contribution in [2.45, 2.75) is 42.9 Å². The van der Waals surface area contributed by atoms with E-state index < -0.39 is 37.3 Å². The first kappa shape index (κ1) is 29.5. The maximum absolute atomic E-state index is 10.5. The van der Waals surface area contributed by atoms with Crippen molar-refractivity contribution in [2.24, 2.45) is 11.8 Å². The lowest BCUT2D eigenvalue weighted by Gasteiger charge is -2.39. The van der Waals surface area contributed by atoms with Crippen LogP contribution in [0, 0.1) is 11.8 Å². The van der Waals surface area contributed by atoms with E-state index in [2.05, 4.69) is 0 Å². The van der Waals surface area contributed by atoms with Crippen molar-refractivity contribution in [3.8, 4) is 34.5 Å². The molecule has 3 saturated heterocycles. The van der Waals surface area contributed by atoms with Crippen molar-refractivity contribution < 1.29 is 63.4 Å². The number of phenolic OH excluding ortho intramolecular Hbond substituents is 1. The van der Waals surface area contributed by atoms with E-state index >= 15 is 0 Å². The molecule has 9 atom stereocenters. The van der Waals surface area contributed by atoms with Crippen LogP contribution in [0.4, 0.5) is 0 Å². The van der Waals surface area contributed by atoms with Crippen LogP contribution in [0.3, 0.4) is 0 Å². The first-order chi connectivity index (χ1) is 19.8. The average Bonchev–Trinajstić information content (AvgIpc) is 3.60. The third kappa shape index (κ3) is 5.23. The van der Waals surface area contributed by atoms with Crippen molar-refractivity contribution in [2.75, 3.05) is 48.3 Å². The van der Waals surface area contributed by atoms with Crippen LogP contribution >= 0.6 is 0 Å². The standard InChI is InChI=1S/C28H36O13/c1-34-16-5-12(6-17(35-2)21(16)30)25-14-10-39-26(15(14)11-38-25)13-7-18(36-3)27(19(8-13)37-4)41-28-24(33)23(32)22(31)20(9-29)40-28/h5-8,14-15,20,22-26,28-33H,9-11H2,1-4H3/t14-,15-,20?,22?,23?,24?,25+,26?,28?/m0/s1. The molecule has 0 saturated carbocycles. The Bertz CT molecular complexity index is 1170. The second kappa shape index (κ2) is 12.1. The fourth-order valence-electron chi connectivity index (χ4n) is 5.77. The molecular weight excluding hydrogens is 544 g/mol. The SMILES string of the molecule is COc1cc([C@H]2OC[C@@H]3C(c4cc(OC)c(OC5OC(CO)C(O)C(O)C5O)c(OC)c4)OC[C@H]23)cc(OC)c1O. The molecule has 2 aromatic carbocycles. The molecule has 0 aromatic heterocycles. The molecule has 3 heterocycles. The summed E-state index contributed by atoms with van der Waals surface area (Å²) in [6.07, 6.45) is -7.96. The zero-order valence-corrected chi connectivity index (χ0v) is 23.1. The molecule has 5 N–H and O–H groups in total. The van der Waals surface area contributed by atoms with Crippen LogP contribution in [-0.2, 0) is 14.2 Å². The Morgan fingerprint density at radius 2 is 1.17 bits per heavy atom. The Balaban J connectivity index is 1.40. The Morgan fingerprint density at radius 1 is 0.707 bits per heavy atom. The molecule has 0 spiro atoms. The number of rotatable bonds is 9. The van der Waals surface area contributed by atoms with E-state index in [1.54, 1.807) is 24.3 Å². The lowest BCUT2D eigenvalue weighted by Crippen LogP contribution is -2.60. The third-order valence-electron chi connectivity index (χ3n) is 7.99. The van der Waals surface area contributed by atoms with Gasteiger partial charge in [0.25, 0.3) is 0 Å². The minimum Gasteiger partial charge on any atom is -0.502 e. The number of phenols is 1. The summed E-state index contributed by atoms with van der Waals surface area (Å²) in [5.74, 6) is 1.08. The summed E-state index contributed by atoms with van der Waals surface area (Å²) in [6, 6.07) is 6.93. The lowest BCUT2D eigenvalue weighted by atomic mass is 9.84. The lowest BCUT2D eigenvalue weighted by molar-refractivity contribution is -0.277. The Hall–Kier alpha value is -3.04. The Morgan fingerprint density at radius 3 is 1.61 bits per heavy atom. The van der Waals surface area contributed by atoms with Crippen LogP contribution in [0.5, 0.6) is 34.5 Å². The second-order valence-electron chi connectivity index (χ2n) is 10.2. The summed E-state index contributed by atoms with van der Waals surface area (Å²) < 4.78 is 45.7. The maximum Gasteiger partial charge on any atom is 0.229 e. The number of ether oxygens (including phenoxy) is 8. The third-order valence-corrected chi connectivity index (χ3v) is 7.99. The van der Waals surface area contributed by atoms with Gasteiger partial charge in [-0.05, 0) is 35.4 Å². The topological polar surface area (TPSA) is 175 Å². The number of benzene rings is 2. The van der Waals surface area contributed by atoms with Gasteiger partial charge in [-0.1, -0.05) is 0 Å². The van der Waals surface area contributed by atoms with E-state index in [1.807, 2.05) is 0 Å². The van der Waals surface area contributed by atoms with Crippen molar-refractivity contribution in [3.63, 3.8) is 0 Å². The van der Waals surface area contributed by atoms with Crippen LogP contribution in [-0.4, -0.2) is 104 Å². The van der Waals surface area contributed by atoms with E-state index in [4.69, 9.17) is 37.9 Å². The van der Waals surface area contributed by atoms with Crippen LogP contribution in [0.15, 0.2) is 24.3 Å². The number of hydrogen-bond acceptors (Lipinski definition) is 13. The zero-order chi connectivity index (χ0) is 29.4. The molecule has 0 radical (unpaired) electrons. The van der Waals surface area contributed by atoms with Crippen molar-refractivity contribution in [1.82, 2.24) is 0 Å². The molecule has 6 unspecified atom stereocenters. The number of methoxy groups -OCH3 is 4. The van der Waals surface area contributed by atoms with Crippen LogP contribution in [0.25, 0.3) is 0 Å². The summed E-state index contributed by atoms with van der Waals surface area (Å²) >= 11 is 0. The quantitative estimate of drug-likeness (QED) is 0.280. The van der Waals surface area contributed by atoms with Crippen LogP contribution in [0.1, 0.15) is 23.3 Å². The summed E-state index contributed by atoms with van der Waals surface area (Å²) in [5.41, 5.74) is 1.55. The van der Waals surface area contributed by atoms with Crippen molar-refractivity contribution in [1.29, 1.82) is 0 Å². The van der Waals surface area contributed by atoms with Gasteiger partial charge in [0.05, 0.1) is 60.5 Å². The molecule has 0 aliphatic carbocycles. The van der Waals surface area contributed by atoms with Crippen molar-refractivity contribution in [3.05, 3.63) is 35.4 Å². The number of aromatic hydroxyl groups is 1. The molecule has 2 aromatic rings. The molecule has 0 amide bonds. The smallest absolute Gasteiger partial charge is 0.229 e. The highest BCUT2D eigenvalue weighted by molar-refractivity contribution is 5.55. The van der Waals surface area contributed by atoms with Gasteiger partial charge in [-0.15, -0.1) is 0 Å². The second-order valence-corrected chi connectivity index (χ2v) is 10.2. The molecule has 3 aliphatic rings. The van der Waals surface area contributed by atoms with E-state index in [1.165, 1.54) is 28.4 Å². The fourth-order valence-corrected chi connectivity index (χ4v) is 5.77. The summed E-state index contributed by atoms with van der Waals surface area (Å²) in [5, 5.41) is 50.5. The van der Waals surface area contributed by atoms with E-state index in [9.17, 15) is 25.5 Å². The molecule has 226 valence electrons. The first-order valence-corrected chi connectivity index (χ1v) is 13.2. The van der Waals surface area contributed by atoms with E-state index in [0.29, 0.717) is 13.2 Å². The van der Waals surface area contributed by atoms with Crippen LogP contribution < -0.4 is 23.7 Å². The van der Waals surface area contributed by atoms with Gasteiger partial charge < -0.3 is 63.4 Å². The van der Waals surface area contributed by atoms with Gasteiger partial charge in [-0.2, -0.15) is 0 Å². The number of aliphatic hydroxyl groups excluding tert-OH is 4. The maximum atomic E-state index is 10.5. The number of hydrogen-bond donors (Lipinski definition) is 5. The highest BCUT2D eigenvalue weighted by atomic mass is 16.7. The molecule has 5 rings (SSSR count). The van der Waals surface area contributed by atoms with Crippen LogP contribution in [0.2, 0.25) is 0 Å². The van der Waals surface area contributed by atoms with Gasteiger partial charge in [-0.25, -0.2) is 0 Å². The Kier molecular flexibility index (Phi) is 8.66. The predicted octanol–water partition coefficient (Wildman–Crippen LogP) is 0.680. The molecule has 13 nitrogen and oxygen atoms in total. The fraction of sp³-hybridized carbons (Fsp3) is 0.571. The van der Waals surface area contributed by atoms with Gasteiger partial charge in [0.15, 0.2) is 23.0 Å². The van der Waals surface area contributed by atoms with Gasteiger partial charge in [-0.3, -0.25) is 0 Å². The zero-order valence-electron chi connectivity index (χ0n) is 23.1. The van der Waals surface area contributed by atoms with Gasteiger partial charge >= 0.3 is 0 Å². The van der Waals surface area contributed by atoms with E-state index in [0.717, 1.165) is 11.1 Å². The number of fused-ring (bicyclic) bond motifs is 1. The average molecular weight is 581 g/mol. The molecule has 41 heavy (non-hydrogen) atoms. The van der Waals surface area contributed by atoms with Crippen molar-refractivity contribution >= 4 is 0 Å². The van der Waals surface area contributed by atoms with E-state index in [-0.39, 0.29) is 58.5 Å². The summed E-state index contributed by atoms with van der Waals surface area (Å²) in [6.45, 7) is 0.241. The molecular formula is C28H36O13. The molecule has 3 aliphatic heterocycles. The Labute approximate surface area is 236 Å². The first-order valence-electron chi connectivity index (χ1n) is 13.2. The highest BCUT2D eigenvalue weighted by Crippen LogP contribution is 2.53.